The van der Waals surface area contributed by atoms with Crippen molar-refractivity contribution in [2.45, 2.75) is 72.3 Å². The van der Waals surface area contributed by atoms with Crippen LogP contribution in [0.25, 0.3) is 0 Å². The molecule has 0 fully saturated rings. The predicted molar refractivity (Wildman–Crippen MR) is 65.7 cm³/mol. The lowest BCUT2D eigenvalue weighted by Crippen LogP contribution is -2.37. The van der Waals surface area contributed by atoms with Crippen molar-refractivity contribution in [1.29, 1.82) is 0 Å². The molecule has 0 aliphatic carbocycles. The molecule has 0 amide bonds. The van der Waals surface area contributed by atoms with Gasteiger partial charge in [0.2, 0.25) is 0 Å². The van der Waals surface area contributed by atoms with Gasteiger partial charge in [-0.15, -0.1) is 0 Å². The van der Waals surface area contributed by atoms with Gasteiger partial charge in [0.25, 0.3) is 0 Å². The number of rotatable bonds is 7. The van der Waals surface area contributed by atoms with Crippen LogP contribution in [0.15, 0.2) is 0 Å². The summed E-state index contributed by atoms with van der Waals surface area (Å²) in [6, 6.07) is 0. The normalized spacial score (nSPS) is 14.4. The highest BCUT2D eigenvalue weighted by Crippen LogP contribution is 2.16. The van der Waals surface area contributed by atoms with E-state index in [0.29, 0.717) is 0 Å². The largest absolute Gasteiger partial charge is 0.312 e. The Hall–Kier alpha value is -0.0400. The minimum Gasteiger partial charge on any atom is -0.312 e. The summed E-state index contributed by atoms with van der Waals surface area (Å²) >= 11 is 0. The SMILES string of the molecule is CCCCC(CC)CCNC(C)(C)C. The van der Waals surface area contributed by atoms with Crippen LogP contribution in [0, 0.1) is 5.92 Å². The van der Waals surface area contributed by atoms with Crippen molar-refractivity contribution in [3.05, 3.63) is 0 Å². The molecule has 0 aromatic carbocycles. The molecule has 86 valence electrons. The van der Waals surface area contributed by atoms with Crippen LogP contribution < -0.4 is 5.32 Å². The molecule has 0 aromatic heterocycles. The van der Waals surface area contributed by atoms with Gasteiger partial charge in [-0.25, -0.2) is 0 Å². The first-order chi connectivity index (χ1) is 6.49. The zero-order valence-electron chi connectivity index (χ0n) is 10.8. The standard InChI is InChI=1S/C13H29N/c1-6-8-9-12(7-2)10-11-14-13(3,4)5/h12,14H,6-11H2,1-5H3. The third-order valence-electron chi connectivity index (χ3n) is 2.75. The number of nitrogens with one attached hydrogen (secondary N) is 1. The number of hydrogen-bond donors (Lipinski definition) is 1. The Balaban J connectivity index is 3.52. The van der Waals surface area contributed by atoms with E-state index in [0.717, 1.165) is 5.92 Å². The van der Waals surface area contributed by atoms with Crippen molar-refractivity contribution in [1.82, 2.24) is 5.32 Å². The van der Waals surface area contributed by atoms with E-state index in [1.807, 2.05) is 0 Å². The Morgan fingerprint density at radius 1 is 1.07 bits per heavy atom. The van der Waals surface area contributed by atoms with Crippen LogP contribution in [0.4, 0.5) is 0 Å². The quantitative estimate of drug-likeness (QED) is 0.654. The molecule has 0 rings (SSSR count). The summed E-state index contributed by atoms with van der Waals surface area (Å²) in [6.45, 7) is 12.5. The Kier molecular flexibility index (Phi) is 7.26. The summed E-state index contributed by atoms with van der Waals surface area (Å²) in [5, 5.41) is 3.56. The maximum Gasteiger partial charge on any atom is 0.00965 e. The molecule has 0 aromatic rings. The fourth-order valence-corrected chi connectivity index (χ4v) is 1.70. The van der Waals surface area contributed by atoms with E-state index < -0.39 is 0 Å². The zero-order chi connectivity index (χ0) is 11.0. The maximum atomic E-state index is 3.56. The van der Waals surface area contributed by atoms with Gasteiger partial charge in [0.1, 0.15) is 0 Å². The molecule has 14 heavy (non-hydrogen) atoms. The average Bonchev–Trinajstić information content (AvgIpc) is 2.09. The summed E-state index contributed by atoms with van der Waals surface area (Å²) in [7, 11) is 0. The minimum absolute atomic E-state index is 0.281. The van der Waals surface area contributed by atoms with Crippen LogP contribution in [0.1, 0.15) is 66.7 Å². The first-order valence-electron chi connectivity index (χ1n) is 6.24. The van der Waals surface area contributed by atoms with Gasteiger partial charge in [-0.2, -0.15) is 0 Å². The lowest BCUT2D eigenvalue weighted by Gasteiger charge is -2.22. The van der Waals surface area contributed by atoms with Gasteiger partial charge in [0, 0.05) is 5.54 Å². The summed E-state index contributed by atoms with van der Waals surface area (Å²) in [5.41, 5.74) is 0.281. The fraction of sp³-hybridized carbons (Fsp3) is 1.00. The first kappa shape index (κ1) is 14.0. The van der Waals surface area contributed by atoms with E-state index in [4.69, 9.17) is 0 Å². The summed E-state index contributed by atoms with van der Waals surface area (Å²) < 4.78 is 0. The van der Waals surface area contributed by atoms with Crippen LogP contribution in [0.2, 0.25) is 0 Å². The summed E-state index contributed by atoms with van der Waals surface area (Å²) in [6.07, 6.45) is 6.83. The van der Waals surface area contributed by atoms with E-state index in [1.165, 1.54) is 38.6 Å². The molecule has 0 heterocycles. The van der Waals surface area contributed by atoms with Crippen molar-refractivity contribution in [2.75, 3.05) is 6.54 Å². The van der Waals surface area contributed by atoms with E-state index in [2.05, 4.69) is 39.9 Å². The maximum absolute atomic E-state index is 3.56. The third-order valence-corrected chi connectivity index (χ3v) is 2.75. The number of unbranched alkanes of at least 4 members (excludes halogenated alkanes) is 1. The van der Waals surface area contributed by atoms with Crippen molar-refractivity contribution in [3.8, 4) is 0 Å². The Morgan fingerprint density at radius 2 is 1.71 bits per heavy atom. The van der Waals surface area contributed by atoms with Gasteiger partial charge in [0.05, 0.1) is 0 Å². The van der Waals surface area contributed by atoms with Gasteiger partial charge in [0.15, 0.2) is 0 Å². The van der Waals surface area contributed by atoms with Crippen LogP contribution in [-0.2, 0) is 0 Å². The topological polar surface area (TPSA) is 12.0 Å². The molecule has 0 spiro atoms. The van der Waals surface area contributed by atoms with Gasteiger partial charge < -0.3 is 5.32 Å². The number of hydrogen-bond acceptors (Lipinski definition) is 1. The van der Waals surface area contributed by atoms with Gasteiger partial charge in [-0.1, -0.05) is 39.5 Å². The van der Waals surface area contributed by atoms with Crippen molar-refractivity contribution >= 4 is 0 Å². The Labute approximate surface area is 90.7 Å². The second kappa shape index (κ2) is 7.28. The van der Waals surface area contributed by atoms with E-state index in [1.54, 1.807) is 0 Å². The average molecular weight is 199 g/mol. The van der Waals surface area contributed by atoms with E-state index >= 15 is 0 Å². The van der Waals surface area contributed by atoms with Crippen molar-refractivity contribution in [2.24, 2.45) is 5.92 Å². The molecule has 1 nitrogen and oxygen atoms in total. The van der Waals surface area contributed by atoms with Crippen LogP contribution in [-0.4, -0.2) is 12.1 Å². The highest BCUT2D eigenvalue weighted by Gasteiger charge is 2.10. The lowest BCUT2D eigenvalue weighted by atomic mass is 9.95. The molecule has 1 heteroatoms. The molecular weight excluding hydrogens is 170 g/mol. The monoisotopic (exact) mass is 199 g/mol. The van der Waals surface area contributed by atoms with Crippen LogP contribution in [0.5, 0.6) is 0 Å². The second-order valence-electron chi connectivity index (χ2n) is 5.38. The fourth-order valence-electron chi connectivity index (χ4n) is 1.70. The summed E-state index contributed by atoms with van der Waals surface area (Å²) in [4.78, 5) is 0. The zero-order valence-corrected chi connectivity index (χ0v) is 10.8. The first-order valence-corrected chi connectivity index (χ1v) is 6.24. The van der Waals surface area contributed by atoms with Crippen molar-refractivity contribution < 1.29 is 0 Å². The highest BCUT2D eigenvalue weighted by molar-refractivity contribution is 4.71. The molecular formula is C13H29N. The Morgan fingerprint density at radius 3 is 2.14 bits per heavy atom. The third kappa shape index (κ3) is 8.55. The highest BCUT2D eigenvalue weighted by atomic mass is 14.9. The molecule has 0 bridgehead atoms. The van der Waals surface area contributed by atoms with Crippen molar-refractivity contribution in [3.63, 3.8) is 0 Å². The smallest absolute Gasteiger partial charge is 0.00965 e. The van der Waals surface area contributed by atoms with Gasteiger partial charge >= 0.3 is 0 Å². The molecule has 0 saturated carbocycles. The molecule has 0 aliphatic heterocycles. The lowest BCUT2D eigenvalue weighted by molar-refractivity contribution is 0.362. The molecule has 0 saturated heterocycles. The molecule has 0 radical (unpaired) electrons. The van der Waals surface area contributed by atoms with E-state index in [9.17, 15) is 0 Å². The molecule has 1 unspecified atom stereocenters. The molecule has 1 N–H and O–H groups in total. The summed E-state index contributed by atoms with van der Waals surface area (Å²) in [5.74, 6) is 0.935. The van der Waals surface area contributed by atoms with Gasteiger partial charge in [-0.05, 0) is 39.7 Å². The second-order valence-corrected chi connectivity index (χ2v) is 5.38. The molecule has 1 atom stereocenters. The van der Waals surface area contributed by atoms with Gasteiger partial charge in [-0.3, -0.25) is 0 Å². The Bertz CT molecular complexity index is 124. The molecule has 0 aliphatic rings. The van der Waals surface area contributed by atoms with Crippen LogP contribution in [0.3, 0.4) is 0 Å². The minimum atomic E-state index is 0.281. The predicted octanol–water partition coefficient (Wildman–Crippen LogP) is 3.98. The van der Waals surface area contributed by atoms with E-state index in [-0.39, 0.29) is 5.54 Å². The van der Waals surface area contributed by atoms with Crippen LogP contribution >= 0.6 is 0 Å².